The van der Waals surface area contributed by atoms with Crippen molar-refractivity contribution in [3.05, 3.63) is 42.1 Å². The summed E-state index contributed by atoms with van der Waals surface area (Å²) in [7, 11) is 0. The molecule has 0 fully saturated rings. The lowest BCUT2D eigenvalue weighted by Gasteiger charge is -2.21. The molecule has 0 aliphatic carbocycles. The number of hydrogen-bond donors (Lipinski definition) is 2. The van der Waals surface area contributed by atoms with E-state index in [4.69, 9.17) is 5.73 Å². The lowest BCUT2D eigenvalue weighted by molar-refractivity contribution is -0.120. The molecular formula is C16H19N3O2. The van der Waals surface area contributed by atoms with Crippen LogP contribution in [0, 0.1) is 5.92 Å². The molecule has 3 N–H and O–H groups in total. The third-order valence-corrected chi connectivity index (χ3v) is 3.68. The first-order valence-electron chi connectivity index (χ1n) is 6.98. The molecule has 0 unspecified atom stereocenters. The number of fused-ring (bicyclic) bond motifs is 1. The summed E-state index contributed by atoms with van der Waals surface area (Å²) in [5, 5.41) is 3.60. The minimum atomic E-state index is -0.679. The van der Waals surface area contributed by atoms with Crippen molar-refractivity contribution < 1.29 is 9.59 Å². The van der Waals surface area contributed by atoms with E-state index in [9.17, 15) is 9.59 Å². The number of benzene rings is 1. The van der Waals surface area contributed by atoms with Crippen molar-refractivity contribution in [1.29, 1.82) is 0 Å². The van der Waals surface area contributed by atoms with Crippen LogP contribution in [0.1, 0.15) is 30.6 Å². The van der Waals surface area contributed by atoms with Gasteiger partial charge in [-0.1, -0.05) is 38.5 Å². The van der Waals surface area contributed by atoms with Crippen molar-refractivity contribution in [2.75, 3.05) is 0 Å². The van der Waals surface area contributed by atoms with Crippen LogP contribution in [0.3, 0.4) is 0 Å². The molecule has 0 bridgehead atoms. The molecule has 2 aromatic rings. The molecule has 0 saturated heterocycles. The number of primary amides is 1. The number of aromatic nitrogens is 1. The van der Waals surface area contributed by atoms with Crippen molar-refractivity contribution >= 4 is 22.7 Å². The van der Waals surface area contributed by atoms with Crippen molar-refractivity contribution in [3.63, 3.8) is 0 Å². The number of carbonyl (C=O) groups excluding carboxylic acids is 2. The Bertz CT molecular complexity index is 664. The van der Waals surface area contributed by atoms with Gasteiger partial charge in [-0.3, -0.25) is 14.6 Å². The highest BCUT2D eigenvalue weighted by atomic mass is 16.2. The van der Waals surface area contributed by atoms with Crippen LogP contribution in [0.2, 0.25) is 0 Å². The summed E-state index contributed by atoms with van der Waals surface area (Å²) in [5.74, 6) is -0.872. The molecule has 2 atom stereocenters. The predicted molar refractivity (Wildman–Crippen MR) is 81.6 cm³/mol. The normalized spacial score (nSPS) is 13.6. The number of nitrogens with one attached hydrogen (secondary N) is 1. The van der Waals surface area contributed by atoms with Crippen molar-refractivity contribution in [2.45, 2.75) is 26.3 Å². The number of para-hydroxylation sites is 1. The van der Waals surface area contributed by atoms with Gasteiger partial charge in [-0.15, -0.1) is 0 Å². The zero-order valence-corrected chi connectivity index (χ0v) is 12.2. The number of amides is 2. The van der Waals surface area contributed by atoms with Gasteiger partial charge in [0.25, 0.3) is 5.91 Å². The molecule has 0 radical (unpaired) electrons. The molecule has 0 spiro atoms. The maximum absolute atomic E-state index is 12.4. The van der Waals surface area contributed by atoms with E-state index in [-0.39, 0.29) is 11.8 Å². The van der Waals surface area contributed by atoms with Crippen LogP contribution in [0.25, 0.3) is 10.9 Å². The van der Waals surface area contributed by atoms with E-state index >= 15 is 0 Å². The Balaban J connectivity index is 2.32. The van der Waals surface area contributed by atoms with E-state index in [0.29, 0.717) is 11.1 Å². The molecule has 0 saturated carbocycles. The second kappa shape index (κ2) is 6.35. The van der Waals surface area contributed by atoms with Gasteiger partial charge in [0.2, 0.25) is 5.91 Å². The molecule has 0 aliphatic rings. The molecular weight excluding hydrogens is 266 g/mol. The summed E-state index contributed by atoms with van der Waals surface area (Å²) in [6.07, 6.45) is 2.39. The molecule has 5 heteroatoms. The zero-order valence-electron chi connectivity index (χ0n) is 12.2. The maximum Gasteiger partial charge on any atom is 0.254 e. The van der Waals surface area contributed by atoms with Gasteiger partial charge < -0.3 is 11.1 Å². The molecule has 1 aromatic heterocycles. The first kappa shape index (κ1) is 15.0. The Kier molecular flexibility index (Phi) is 4.52. The molecule has 2 rings (SSSR count). The highest BCUT2D eigenvalue weighted by Gasteiger charge is 2.24. The van der Waals surface area contributed by atoms with Gasteiger partial charge in [-0.2, -0.15) is 0 Å². The molecule has 1 aromatic carbocycles. The lowest BCUT2D eigenvalue weighted by atomic mass is 9.98. The zero-order chi connectivity index (χ0) is 15.4. The Labute approximate surface area is 123 Å². The van der Waals surface area contributed by atoms with Gasteiger partial charge >= 0.3 is 0 Å². The number of nitrogens with zero attached hydrogens (tertiary/aromatic N) is 1. The maximum atomic E-state index is 12.4. The second-order valence-corrected chi connectivity index (χ2v) is 5.12. The molecule has 5 nitrogen and oxygen atoms in total. The van der Waals surface area contributed by atoms with Gasteiger partial charge in [-0.05, 0) is 18.1 Å². The quantitative estimate of drug-likeness (QED) is 0.879. The largest absolute Gasteiger partial charge is 0.368 e. The standard InChI is InChI=1S/C16H19N3O2/c1-3-10(2)13(15(17)20)19-16(21)12-8-4-6-11-7-5-9-18-14(11)12/h4-10,13H,3H2,1-2H3,(H2,17,20)(H,19,21)/t10-,13+/m0/s1. The fraction of sp³-hybridized carbons (Fsp3) is 0.312. The third-order valence-electron chi connectivity index (χ3n) is 3.68. The van der Waals surface area contributed by atoms with E-state index in [1.165, 1.54) is 0 Å². The van der Waals surface area contributed by atoms with Gasteiger partial charge in [0.05, 0.1) is 11.1 Å². The fourth-order valence-electron chi connectivity index (χ4n) is 2.24. The summed E-state index contributed by atoms with van der Waals surface area (Å²) >= 11 is 0. The van der Waals surface area contributed by atoms with E-state index in [2.05, 4.69) is 10.3 Å². The predicted octanol–water partition coefficient (Wildman–Crippen LogP) is 1.86. The molecule has 0 aliphatic heterocycles. The van der Waals surface area contributed by atoms with Crippen molar-refractivity contribution in [1.82, 2.24) is 10.3 Å². The fourth-order valence-corrected chi connectivity index (χ4v) is 2.24. The highest BCUT2D eigenvalue weighted by molar-refractivity contribution is 6.06. The summed E-state index contributed by atoms with van der Waals surface area (Å²) in [4.78, 5) is 28.2. The van der Waals surface area contributed by atoms with Gasteiger partial charge in [0.15, 0.2) is 0 Å². The first-order valence-corrected chi connectivity index (χ1v) is 6.98. The summed E-state index contributed by atoms with van der Waals surface area (Å²) in [6.45, 7) is 3.84. The summed E-state index contributed by atoms with van der Waals surface area (Å²) in [6, 6.07) is 8.40. The monoisotopic (exact) mass is 285 g/mol. The van der Waals surface area contributed by atoms with E-state index in [0.717, 1.165) is 11.8 Å². The van der Waals surface area contributed by atoms with E-state index < -0.39 is 11.9 Å². The van der Waals surface area contributed by atoms with Crippen molar-refractivity contribution in [3.8, 4) is 0 Å². The van der Waals surface area contributed by atoms with E-state index in [1.807, 2.05) is 32.0 Å². The number of carbonyl (C=O) groups is 2. The molecule has 2 amide bonds. The Morgan fingerprint density at radius 1 is 1.29 bits per heavy atom. The summed E-state index contributed by atoms with van der Waals surface area (Å²) in [5.41, 5.74) is 6.45. The Morgan fingerprint density at radius 3 is 2.67 bits per heavy atom. The smallest absolute Gasteiger partial charge is 0.254 e. The minimum Gasteiger partial charge on any atom is -0.368 e. The van der Waals surface area contributed by atoms with Crippen LogP contribution in [-0.4, -0.2) is 22.8 Å². The molecule has 21 heavy (non-hydrogen) atoms. The number of nitrogens with two attached hydrogens (primary N) is 1. The molecule has 110 valence electrons. The van der Waals surface area contributed by atoms with Crippen molar-refractivity contribution in [2.24, 2.45) is 11.7 Å². The average Bonchev–Trinajstić information content (AvgIpc) is 2.50. The first-order chi connectivity index (χ1) is 10.0. The van der Waals surface area contributed by atoms with Crippen LogP contribution < -0.4 is 11.1 Å². The number of rotatable bonds is 5. The average molecular weight is 285 g/mol. The van der Waals surface area contributed by atoms with Gasteiger partial charge in [0, 0.05) is 11.6 Å². The van der Waals surface area contributed by atoms with Crippen LogP contribution in [0.5, 0.6) is 0 Å². The third kappa shape index (κ3) is 3.18. The Hall–Kier alpha value is -2.43. The van der Waals surface area contributed by atoms with Crippen LogP contribution in [0.4, 0.5) is 0 Å². The topological polar surface area (TPSA) is 85.1 Å². The highest BCUT2D eigenvalue weighted by Crippen LogP contribution is 2.16. The van der Waals surface area contributed by atoms with Crippen LogP contribution >= 0.6 is 0 Å². The van der Waals surface area contributed by atoms with Gasteiger partial charge in [0.1, 0.15) is 6.04 Å². The van der Waals surface area contributed by atoms with E-state index in [1.54, 1.807) is 18.3 Å². The lowest BCUT2D eigenvalue weighted by Crippen LogP contribution is -2.48. The van der Waals surface area contributed by atoms with Gasteiger partial charge in [-0.25, -0.2) is 0 Å². The van der Waals surface area contributed by atoms with Crippen LogP contribution in [-0.2, 0) is 4.79 Å². The van der Waals surface area contributed by atoms with Crippen LogP contribution in [0.15, 0.2) is 36.5 Å². The number of pyridine rings is 1. The number of hydrogen-bond acceptors (Lipinski definition) is 3. The summed E-state index contributed by atoms with van der Waals surface area (Å²) < 4.78 is 0. The minimum absolute atomic E-state index is 0.0191. The molecule has 1 heterocycles. The SMILES string of the molecule is CC[C@H](C)[C@@H](NC(=O)c1cccc2cccnc12)C(N)=O. The second-order valence-electron chi connectivity index (χ2n) is 5.12. The Morgan fingerprint density at radius 2 is 2.00 bits per heavy atom.